The lowest BCUT2D eigenvalue weighted by atomic mass is 10.4. The van der Waals surface area contributed by atoms with E-state index in [0.29, 0.717) is 12.2 Å². The van der Waals surface area contributed by atoms with Gasteiger partial charge < -0.3 is 5.73 Å². The molecule has 2 aromatic heterocycles. The summed E-state index contributed by atoms with van der Waals surface area (Å²) in [5.41, 5.74) is 7.93. The minimum absolute atomic E-state index is 0.185. The first-order valence-corrected chi connectivity index (χ1v) is 5.76. The van der Waals surface area contributed by atoms with Crippen molar-refractivity contribution in [2.24, 2.45) is 11.6 Å². The van der Waals surface area contributed by atoms with Crippen LogP contribution in [0.1, 0.15) is 26.0 Å². The number of aromatic nitrogens is 3. The van der Waals surface area contributed by atoms with Crippen LogP contribution < -0.4 is 17.0 Å². The number of hydrogen-bond acceptors (Lipinski definition) is 6. The van der Waals surface area contributed by atoms with Crippen molar-refractivity contribution < 1.29 is 9.59 Å². The van der Waals surface area contributed by atoms with E-state index in [2.05, 4.69) is 10.1 Å². The Morgan fingerprint density at radius 1 is 1.50 bits per heavy atom. The lowest BCUT2D eigenvalue weighted by molar-refractivity contribution is 0.0951. The Balaban J connectivity index is 2.11. The van der Waals surface area contributed by atoms with Gasteiger partial charge in [-0.15, -0.1) is 11.3 Å². The standard InChI is InChI=1S/C9H10N6O2S/c10-7(16)6-1-2-15(14-6)3-5-4-18-9(12-5)8(17)13-11/h1-2,4H,3,11H2,(H2,10,16)(H,13,17). The van der Waals surface area contributed by atoms with Gasteiger partial charge in [0.05, 0.1) is 12.2 Å². The molecule has 0 fully saturated rings. The molecular formula is C9H10N6O2S. The SMILES string of the molecule is NNC(=O)c1nc(Cn2ccc(C(N)=O)n2)cs1. The monoisotopic (exact) mass is 266 g/mol. The Morgan fingerprint density at radius 2 is 2.28 bits per heavy atom. The average Bonchev–Trinajstić information content (AvgIpc) is 2.98. The maximum Gasteiger partial charge on any atom is 0.294 e. The molecule has 5 N–H and O–H groups in total. The van der Waals surface area contributed by atoms with Crippen LogP contribution in [-0.2, 0) is 6.54 Å². The third-order valence-corrected chi connectivity index (χ3v) is 2.98. The highest BCUT2D eigenvalue weighted by Gasteiger charge is 2.10. The number of carbonyl (C=O) groups is 2. The van der Waals surface area contributed by atoms with Gasteiger partial charge in [-0.25, -0.2) is 10.8 Å². The van der Waals surface area contributed by atoms with Gasteiger partial charge in [0.15, 0.2) is 5.01 Å². The molecular weight excluding hydrogens is 256 g/mol. The molecule has 2 rings (SSSR count). The van der Waals surface area contributed by atoms with Crippen LogP contribution in [0.5, 0.6) is 0 Å². The largest absolute Gasteiger partial charge is 0.364 e. The molecule has 0 saturated heterocycles. The summed E-state index contributed by atoms with van der Waals surface area (Å²) in [6, 6.07) is 1.52. The molecule has 9 heteroatoms. The minimum Gasteiger partial charge on any atom is -0.364 e. The van der Waals surface area contributed by atoms with Gasteiger partial charge in [-0.05, 0) is 6.07 Å². The van der Waals surface area contributed by atoms with Crippen LogP contribution in [0.4, 0.5) is 0 Å². The Kier molecular flexibility index (Phi) is 3.35. The predicted molar refractivity (Wildman–Crippen MR) is 63.6 cm³/mol. The van der Waals surface area contributed by atoms with Crippen LogP contribution in [0.3, 0.4) is 0 Å². The predicted octanol–water partition coefficient (Wildman–Crippen LogP) is -0.910. The second-order valence-electron chi connectivity index (χ2n) is 3.38. The third-order valence-electron chi connectivity index (χ3n) is 2.09. The van der Waals surface area contributed by atoms with E-state index in [9.17, 15) is 9.59 Å². The van der Waals surface area contributed by atoms with Crippen LogP contribution >= 0.6 is 11.3 Å². The summed E-state index contributed by atoms with van der Waals surface area (Å²) in [4.78, 5) is 26.1. The summed E-state index contributed by atoms with van der Waals surface area (Å²) in [5, 5.41) is 5.95. The van der Waals surface area contributed by atoms with Gasteiger partial charge in [-0.3, -0.25) is 19.7 Å². The lowest BCUT2D eigenvalue weighted by Gasteiger charge is -1.97. The number of amides is 2. The molecule has 0 aliphatic heterocycles. The van der Waals surface area contributed by atoms with E-state index in [-0.39, 0.29) is 10.7 Å². The zero-order valence-corrected chi connectivity index (χ0v) is 9.98. The average molecular weight is 266 g/mol. The molecule has 0 radical (unpaired) electrons. The van der Waals surface area contributed by atoms with Crippen molar-refractivity contribution in [3.8, 4) is 0 Å². The quantitative estimate of drug-likeness (QED) is 0.375. The smallest absolute Gasteiger partial charge is 0.294 e. The number of primary amides is 1. The molecule has 2 amide bonds. The lowest BCUT2D eigenvalue weighted by Crippen LogP contribution is -2.29. The van der Waals surface area contributed by atoms with Crippen molar-refractivity contribution in [3.05, 3.63) is 34.0 Å². The van der Waals surface area contributed by atoms with Gasteiger partial charge in [0.1, 0.15) is 5.69 Å². The summed E-state index contributed by atoms with van der Waals surface area (Å²) in [6.45, 7) is 0.349. The first-order chi connectivity index (χ1) is 8.60. The fourth-order valence-electron chi connectivity index (χ4n) is 1.29. The first kappa shape index (κ1) is 12.2. The number of nitrogens with one attached hydrogen (secondary N) is 1. The summed E-state index contributed by atoms with van der Waals surface area (Å²) in [7, 11) is 0. The van der Waals surface area contributed by atoms with Gasteiger partial charge >= 0.3 is 0 Å². The number of rotatable bonds is 4. The molecule has 0 spiro atoms. The summed E-state index contributed by atoms with van der Waals surface area (Å²) >= 11 is 1.18. The molecule has 94 valence electrons. The number of nitrogens with zero attached hydrogens (tertiary/aromatic N) is 3. The van der Waals surface area contributed by atoms with Crippen molar-refractivity contribution >= 4 is 23.2 Å². The summed E-state index contributed by atoms with van der Waals surface area (Å²) < 4.78 is 1.51. The van der Waals surface area contributed by atoms with Gasteiger partial charge in [0.2, 0.25) is 0 Å². The fourth-order valence-corrected chi connectivity index (χ4v) is 2.00. The highest BCUT2D eigenvalue weighted by atomic mass is 32.1. The van der Waals surface area contributed by atoms with Crippen LogP contribution in [0.2, 0.25) is 0 Å². The van der Waals surface area contributed by atoms with Crippen molar-refractivity contribution in [1.29, 1.82) is 0 Å². The fraction of sp³-hybridized carbons (Fsp3) is 0.111. The van der Waals surface area contributed by atoms with Gasteiger partial charge in [0, 0.05) is 11.6 Å². The number of nitrogen functional groups attached to an aromatic ring is 1. The van der Waals surface area contributed by atoms with E-state index < -0.39 is 11.8 Å². The Hall–Kier alpha value is -2.26. The van der Waals surface area contributed by atoms with E-state index in [4.69, 9.17) is 11.6 Å². The maximum absolute atomic E-state index is 11.2. The molecule has 0 aromatic carbocycles. The molecule has 2 heterocycles. The Labute approximate surface area is 106 Å². The molecule has 0 atom stereocenters. The van der Waals surface area contributed by atoms with E-state index in [1.54, 1.807) is 11.6 Å². The Bertz CT molecular complexity index is 589. The van der Waals surface area contributed by atoms with Crippen LogP contribution in [0.15, 0.2) is 17.6 Å². The minimum atomic E-state index is -0.588. The van der Waals surface area contributed by atoms with E-state index >= 15 is 0 Å². The number of hydrogen-bond donors (Lipinski definition) is 3. The van der Waals surface area contributed by atoms with Crippen LogP contribution in [-0.4, -0.2) is 26.6 Å². The first-order valence-electron chi connectivity index (χ1n) is 4.88. The molecule has 0 unspecified atom stereocenters. The number of carbonyl (C=O) groups excluding carboxylic acids is 2. The highest BCUT2D eigenvalue weighted by Crippen LogP contribution is 2.10. The van der Waals surface area contributed by atoms with E-state index in [1.165, 1.54) is 22.1 Å². The van der Waals surface area contributed by atoms with E-state index in [1.807, 2.05) is 5.43 Å². The van der Waals surface area contributed by atoms with Crippen molar-refractivity contribution in [2.45, 2.75) is 6.54 Å². The van der Waals surface area contributed by atoms with Crippen molar-refractivity contribution in [2.75, 3.05) is 0 Å². The second-order valence-corrected chi connectivity index (χ2v) is 4.24. The molecule has 2 aromatic rings. The van der Waals surface area contributed by atoms with Crippen LogP contribution in [0.25, 0.3) is 0 Å². The molecule has 0 aliphatic carbocycles. The highest BCUT2D eigenvalue weighted by molar-refractivity contribution is 7.11. The molecule has 8 nitrogen and oxygen atoms in total. The summed E-state index contributed by atoms with van der Waals surface area (Å²) in [5.74, 6) is 3.97. The van der Waals surface area contributed by atoms with Gasteiger partial charge in [-0.2, -0.15) is 5.10 Å². The van der Waals surface area contributed by atoms with E-state index in [0.717, 1.165) is 0 Å². The molecule has 18 heavy (non-hydrogen) atoms. The maximum atomic E-state index is 11.2. The summed E-state index contributed by atoms with van der Waals surface area (Å²) in [6.07, 6.45) is 1.61. The molecule has 0 saturated carbocycles. The third kappa shape index (κ3) is 2.52. The molecule has 0 bridgehead atoms. The van der Waals surface area contributed by atoms with Crippen molar-refractivity contribution in [1.82, 2.24) is 20.2 Å². The zero-order chi connectivity index (χ0) is 13.1. The number of thiazole rings is 1. The number of nitrogens with two attached hydrogens (primary N) is 2. The Morgan fingerprint density at radius 3 is 2.89 bits per heavy atom. The topological polar surface area (TPSA) is 129 Å². The second kappa shape index (κ2) is 4.94. The normalized spacial score (nSPS) is 10.3. The number of hydrazine groups is 1. The molecule has 0 aliphatic rings. The van der Waals surface area contributed by atoms with Gasteiger partial charge in [0.25, 0.3) is 11.8 Å². The van der Waals surface area contributed by atoms with Gasteiger partial charge in [-0.1, -0.05) is 0 Å². The van der Waals surface area contributed by atoms with Crippen molar-refractivity contribution in [3.63, 3.8) is 0 Å². The zero-order valence-electron chi connectivity index (χ0n) is 9.16. The van der Waals surface area contributed by atoms with Crippen LogP contribution in [0, 0.1) is 0 Å².